The number of para-hydroxylation sites is 1. The van der Waals surface area contributed by atoms with Gasteiger partial charge in [0, 0.05) is 5.69 Å². The van der Waals surface area contributed by atoms with E-state index in [0.29, 0.717) is 19.5 Å². The topological polar surface area (TPSA) is 61.9 Å². The number of nitrogens with one attached hydrogen (secondary N) is 1. The molecule has 3 aromatic carbocycles. The fraction of sp³-hybridized carbons (Fsp3) is 0.375. The number of nitrogens with zero attached hydrogens (tertiary/aromatic N) is 2. The molecule has 1 N–H and O–H groups in total. The third-order valence-corrected chi connectivity index (χ3v) is 6.97. The smallest absolute Gasteiger partial charge is 0.334 e. The number of anilines is 1. The lowest BCUT2D eigenvalue weighted by atomic mass is 9.86. The minimum absolute atomic E-state index is 0.00225. The van der Waals surface area contributed by atoms with Gasteiger partial charge in [-0.1, -0.05) is 84.4 Å². The molecule has 3 aromatic rings. The summed E-state index contributed by atoms with van der Waals surface area (Å²) in [6.45, 7) is 9.52. The van der Waals surface area contributed by atoms with Crippen LogP contribution in [-0.4, -0.2) is 47.7 Å². The summed E-state index contributed by atoms with van der Waals surface area (Å²) < 4.78 is 5.77. The Hall–Kier alpha value is -3.64. The fourth-order valence-electron chi connectivity index (χ4n) is 5.17. The second kappa shape index (κ2) is 11.8. The van der Waals surface area contributed by atoms with E-state index in [2.05, 4.69) is 29.3 Å². The Kier molecular flexibility index (Phi) is 8.52. The van der Waals surface area contributed by atoms with Crippen LogP contribution >= 0.6 is 0 Å². The standard InChI is InChI=1S/C25H31N3O3.C7H8/c1-24(2,3)31-22(29)21(19-10-6-4-7-11-19)27-18-28(20-12-8-5-9-13-20)25(23(27)30)14-16-26-17-15-25;1-7-5-3-2-4-6-7/h4-13,21,26H,14-18H2,1-3H3;2-6H,1H3. The lowest BCUT2D eigenvalue weighted by molar-refractivity contribution is -0.164. The number of ether oxygens (including phenoxy) is 1. The van der Waals surface area contributed by atoms with Crippen molar-refractivity contribution in [2.24, 2.45) is 0 Å². The molecule has 2 saturated heterocycles. The van der Waals surface area contributed by atoms with Gasteiger partial charge >= 0.3 is 5.97 Å². The van der Waals surface area contributed by atoms with Crippen LogP contribution < -0.4 is 10.2 Å². The molecule has 0 aromatic heterocycles. The molecule has 38 heavy (non-hydrogen) atoms. The largest absolute Gasteiger partial charge is 0.458 e. The van der Waals surface area contributed by atoms with E-state index in [1.165, 1.54) is 5.56 Å². The van der Waals surface area contributed by atoms with Crippen molar-refractivity contribution in [2.75, 3.05) is 24.7 Å². The van der Waals surface area contributed by atoms with Crippen LogP contribution in [0.15, 0.2) is 91.0 Å². The van der Waals surface area contributed by atoms with Crippen molar-refractivity contribution in [3.63, 3.8) is 0 Å². The summed E-state index contributed by atoms with van der Waals surface area (Å²) >= 11 is 0. The molecule has 2 aliphatic heterocycles. The summed E-state index contributed by atoms with van der Waals surface area (Å²) in [7, 11) is 0. The van der Waals surface area contributed by atoms with Gasteiger partial charge in [0.05, 0.1) is 6.67 Å². The van der Waals surface area contributed by atoms with E-state index in [9.17, 15) is 9.59 Å². The zero-order chi connectivity index (χ0) is 27.2. The van der Waals surface area contributed by atoms with E-state index in [-0.39, 0.29) is 5.91 Å². The molecule has 1 spiro atoms. The summed E-state index contributed by atoms with van der Waals surface area (Å²) in [6, 6.07) is 29.0. The molecule has 1 amide bonds. The number of hydrogen-bond acceptors (Lipinski definition) is 5. The zero-order valence-corrected chi connectivity index (χ0v) is 22.9. The molecule has 6 heteroatoms. The molecule has 200 valence electrons. The van der Waals surface area contributed by atoms with Gasteiger partial charge in [-0.15, -0.1) is 0 Å². The molecule has 2 heterocycles. The lowest BCUT2D eigenvalue weighted by Gasteiger charge is -2.40. The average molecular weight is 514 g/mol. The van der Waals surface area contributed by atoms with Crippen LogP contribution in [0.25, 0.3) is 0 Å². The normalized spacial score (nSPS) is 17.5. The molecule has 2 fully saturated rings. The van der Waals surface area contributed by atoms with Crippen LogP contribution in [0.1, 0.15) is 50.8 Å². The second-order valence-electron chi connectivity index (χ2n) is 11.0. The number of carbonyl (C=O) groups excluding carboxylic acids is 2. The lowest BCUT2D eigenvalue weighted by Crippen LogP contribution is -2.56. The highest BCUT2D eigenvalue weighted by molar-refractivity contribution is 5.97. The highest BCUT2D eigenvalue weighted by Gasteiger charge is 2.55. The summed E-state index contributed by atoms with van der Waals surface area (Å²) in [4.78, 5) is 31.2. The third kappa shape index (κ3) is 6.25. The number of aryl methyl sites for hydroxylation is 1. The third-order valence-electron chi connectivity index (χ3n) is 6.97. The maximum Gasteiger partial charge on any atom is 0.334 e. The van der Waals surface area contributed by atoms with Crippen LogP contribution in [0.3, 0.4) is 0 Å². The Balaban J connectivity index is 0.000000417. The predicted molar refractivity (Wildman–Crippen MR) is 152 cm³/mol. The van der Waals surface area contributed by atoms with Gasteiger partial charge in [-0.25, -0.2) is 4.79 Å². The maximum atomic E-state index is 14.0. The van der Waals surface area contributed by atoms with Gasteiger partial charge in [-0.05, 0) is 71.3 Å². The summed E-state index contributed by atoms with van der Waals surface area (Å²) in [5.41, 5.74) is 1.79. The number of benzene rings is 3. The molecule has 5 rings (SSSR count). The number of piperidine rings is 1. The van der Waals surface area contributed by atoms with Crippen molar-refractivity contribution in [3.8, 4) is 0 Å². The molecule has 1 atom stereocenters. The first-order valence-corrected chi connectivity index (χ1v) is 13.4. The fourth-order valence-corrected chi connectivity index (χ4v) is 5.17. The van der Waals surface area contributed by atoms with E-state index in [4.69, 9.17) is 4.74 Å². The summed E-state index contributed by atoms with van der Waals surface area (Å²) in [5.74, 6) is -0.399. The van der Waals surface area contributed by atoms with Crippen LogP contribution in [0, 0.1) is 6.92 Å². The van der Waals surface area contributed by atoms with Crippen LogP contribution in [0.4, 0.5) is 5.69 Å². The first kappa shape index (κ1) is 27.4. The van der Waals surface area contributed by atoms with Gasteiger partial charge < -0.3 is 19.9 Å². The molecule has 0 radical (unpaired) electrons. The van der Waals surface area contributed by atoms with Crippen LogP contribution in [0.5, 0.6) is 0 Å². The summed E-state index contributed by atoms with van der Waals surface area (Å²) in [5, 5.41) is 3.37. The number of hydrogen-bond donors (Lipinski definition) is 1. The molecule has 0 saturated carbocycles. The van der Waals surface area contributed by atoms with Gasteiger partial charge in [0.2, 0.25) is 0 Å². The molecule has 1 unspecified atom stereocenters. The summed E-state index contributed by atoms with van der Waals surface area (Å²) in [6.07, 6.45) is 1.40. The van der Waals surface area contributed by atoms with E-state index < -0.39 is 23.2 Å². The number of rotatable bonds is 4. The van der Waals surface area contributed by atoms with E-state index >= 15 is 0 Å². The monoisotopic (exact) mass is 513 g/mol. The van der Waals surface area contributed by atoms with Crippen molar-refractivity contribution in [1.29, 1.82) is 0 Å². The Labute approximate surface area is 226 Å². The van der Waals surface area contributed by atoms with E-state index in [0.717, 1.165) is 24.3 Å². The van der Waals surface area contributed by atoms with Gasteiger partial charge in [0.25, 0.3) is 5.91 Å². The first-order chi connectivity index (χ1) is 18.2. The van der Waals surface area contributed by atoms with Crippen molar-refractivity contribution >= 4 is 17.6 Å². The average Bonchev–Trinajstić information content (AvgIpc) is 3.17. The maximum absolute atomic E-state index is 14.0. The molecule has 0 aliphatic carbocycles. The quantitative estimate of drug-likeness (QED) is 0.467. The highest BCUT2D eigenvalue weighted by Crippen LogP contribution is 2.41. The number of amides is 1. The molecule has 2 aliphatic rings. The van der Waals surface area contributed by atoms with Crippen LogP contribution in [-0.2, 0) is 14.3 Å². The van der Waals surface area contributed by atoms with Gasteiger partial charge in [0.15, 0.2) is 6.04 Å². The molecule has 6 nitrogen and oxygen atoms in total. The van der Waals surface area contributed by atoms with E-state index in [1.54, 1.807) is 4.90 Å². The predicted octanol–water partition coefficient (Wildman–Crippen LogP) is 5.49. The minimum Gasteiger partial charge on any atom is -0.458 e. The van der Waals surface area contributed by atoms with E-state index in [1.807, 2.05) is 99.6 Å². The zero-order valence-electron chi connectivity index (χ0n) is 22.9. The Morgan fingerprint density at radius 3 is 1.89 bits per heavy atom. The van der Waals surface area contributed by atoms with Crippen LogP contribution in [0.2, 0.25) is 0 Å². The SMILES string of the molecule is CC(C)(C)OC(=O)C(c1ccccc1)N1CN(c2ccccc2)C2(CCNCC2)C1=O.Cc1ccccc1. The molecular formula is C32H39N3O3. The van der Waals surface area contributed by atoms with Gasteiger partial charge in [-0.2, -0.15) is 0 Å². The van der Waals surface area contributed by atoms with Gasteiger partial charge in [-0.3, -0.25) is 4.79 Å². The van der Waals surface area contributed by atoms with Gasteiger partial charge in [0.1, 0.15) is 11.1 Å². The van der Waals surface area contributed by atoms with Crippen molar-refractivity contribution in [1.82, 2.24) is 10.2 Å². The van der Waals surface area contributed by atoms with Crippen molar-refractivity contribution in [3.05, 3.63) is 102 Å². The number of carbonyl (C=O) groups is 2. The first-order valence-electron chi connectivity index (χ1n) is 13.4. The minimum atomic E-state index is -0.784. The molecular weight excluding hydrogens is 474 g/mol. The second-order valence-corrected chi connectivity index (χ2v) is 11.0. The highest BCUT2D eigenvalue weighted by atomic mass is 16.6. The number of esters is 1. The Morgan fingerprint density at radius 2 is 1.39 bits per heavy atom. The Morgan fingerprint density at radius 1 is 0.868 bits per heavy atom. The molecule has 0 bridgehead atoms. The van der Waals surface area contributed by atoms with Crippen molar-refractivity contribution < 1.29 is 14.3 Å². The van der Waals surface area contributed by atoms with Crippen molar-refractivity contribution in [2.45, 2.75) is 57.7 Å². The Bertz CT molecular complexity index is 1190.